The van der Waals surface area contributed by atoms with Crippen LogP contribution in [0, 0.1) is 0 Å². The molecule has 29 heavy (non-hydrogen) atoms. The van der Waals surface area contributed by atoms with Crippen LogP contribution < -0.4 is 9.80 Å². The summed E-state index contributed by atoms with van der Waals surface area (Å²) < 4.78 is 0.801. The minimum absolute atomic E-state index is 0.00870. The summed E-state index contributed by atoms with van der Waals surface area (Å²) in [6, 6.07) is 16.7. The van der Waals surface area contributed by atoms with E-state index >= 15 is 0 Å². The Hall–Kier alpha value is -2.36. The number of benzene rings is 2. The van der Waals surface area contributed by atoms with Gasteiger partial charge in [0.15, 0.2) is 0 Å². The number of rotatable bonds is 4. The van der Waals surface area contributed by atoms with Crippen molar-refractivity contribution in [3.63, 3.8) is 0 Å². The van der Waals surface area contributed by atoms with E-state index in [-0.39, 0.29) is 5.91 Å². The monoisotopic (exact) mass is 453 g/mol. The molecule has 2 aliphatic rings. The summed E-state index contributed by atoms with van der Waals surface area (Å²) in [7, 11) is 1.93. The van der Waals surface area contributed by atoms with Crippen LogP contribution >= 0.6 is 0 Å². The molecule has 2 heterocycles. The molecule has 0 saturated carbocycles. The van der Waals surface area contributed by atoms with Crippen molar-refractivity contribution >= 4 is 43.6 Å². The second-order valence-electron chi connectivity index (χ2n) is 7.67. The van der Waals surface area contributed by atoms with Gasteiger partial charge in [-0.3, -0.25) is 0 Å². The van der Waals surface area contributed by atoms with Crippen LogP contribution in [0.3, 0.4) is 0 Å². The third kappa shape index (κ3) is 4.03. The van der Waals surface area contributed by atoms with E-state index in [2.05, 4.69) is 63.8 Å². The van der Waals surface area contributed by atoms with Gasteiger partial charge in [0.05, 0.1) is 0 Å². The summed E-state index contributed by atoms with van der Waals surface area (Å²) in [6.45, 7) is 4.40. The predicted molar refractivity (Wildman–Crippen MR) is 122 cm³/mol. The van der Waals surface area contributed by atoms with Crippen molar-refractivity contribution in [1.29, 1.82) is 0 Å². The van der Waals surface area contributed by atoms with Gasteiger partial charge in [-0.1, -0.05) is 0 Å². The molecule has 0 unspecified atom stereocenters. The van der Waals surface area contributed by atoms with E-state index in [0.29, 0.717) is 5.70 Å². The van der Waals surface area contributed by atoms with Gasteiger partial charge in [-0.05, 0) is 0 Å². The van der Waals surface area contributed by atoms with Gasteiger partial charge in [0.2, 0.25) is 0 Å². The van der Waals surface area contributed by atoms with Gasteiger partial charge in [-0.15, -0.1) is 0 Å². The molecule has 1 amide bonds. The molecule has 0 bridgehead atoms. The van der Waals surface area contributed by atoms with Crippen molar-refractivity contribution < 1.29 is 4.79 Å². The molecule has 4 rings (SSSR count). The van der Waals surface area contributed by atoms with Crippen molar-refractivity contribution in [2.24, 2.45) is 0 Å². The number of carbonyl (C=O) groups excluding carboxylic acids is 1. The number of likely N-dealkylation sites (N-methyl/N-ethyl adjacent to an activating group) is 1. The molecule has 4 nitrogen and oxygen atoms in total. The minimum atomic E-state index is -0.00870. The molecule has 0 aromatic heterocycles. The van der Waals surface area contributed by atoms with Crippen LogP contribution in [0.25, 0.3) is 6.08 Å². The third-order valence-corrected chi connectivity index (χ3v) is 6.74. The third-order valence-electron chi connectivity index (χ3n) is 5.78. The number of carbonyl (C=O) groups is 1. The van der Waals surface area contributed by atoms with Crippen LogP contribution in [-0.4, -0.2) is 51.2 Å². The van der Waals surface area contributed by atoms with E-state index in [9.17, 15) is 4.79 Å². The molecule has 150 valence electrons. The molecule has 5 heteroatoms. The predicted octanol–water partition coefficient (Wildman–Crippen LogP) is 3.81. The fourth-order valence-corrected chi connectivity index (χ4v) is 4.56. The van der Waals surface area contributed by atoms with E-state index in [0.717, 1.165) is 35.4 Å². The van der Waals surface area contributed by atoms with Crippen LogP contribution in [0.15, 0.2) is 54.2 Å². The summed E-state index contributed by atoms with van der Waals surface area (Å²) in [4.78, 5) is 19.3. The van der Waals surface area contributed by atoms with Crippen LogP contribution in [0.1, 0.15) is 37.3 Å². The molecule has 0 radical (unpaired) electrons. The molecule has 2 fully saturated rings. The Balaban J connectivity index is 1.56. The Kier molecular flexibility index (Phi) is 5.89. The average Bonchev–Trinajstić information content (AvgIpc) is 2.98. The van der Waals surface area contributed by atoms with Crippen molar-refractivity contribution in [2.75, 3.05) is 29.9 Å². The normalized spacial score (nSPS) is 18.8. The van der Waals surface area contributed by atoms with Gasteiger partial charge in [-0.25, -0.2) is 0 Å². The fraction of sp³-hybridized carbons (Fsp3) is 0.333. The Morgan fingerprint density at radius 2 is 1.55 bits per heavy atom. The van der Waals surface area contributed by atoms with Crippen molar-refractivity contribution in [1.82, 2.24) is 4.90 Å². The van der Waals surface area contributed by atoms with Gasteiger partial charge in [0, 0.05) is 0 Å². The molecule has 0 spiro atoms. The van der Waals surface area contributed by atoms with Crippen molar-refractivity contribution in [2.45, 2.75) is 32.6 Å². The Morgan fingerprint density at radius 1 is 0.931 bits per heavy atom. The van der Waals surface area contributed by atoms with Gasteiger partial charge in [0.25, 0.3) is 0 Å². The van der Waals surface area contributed by atoms with Crippen molar-refractivity contribution in [3.8, 4) is 0 Å². The first kappa shape index (κ1) is 19.9. The number of aryl methyl sites for hydroxylation is 1. The SMILES string of the molecule is CCc1ccc(N2C(=O)C(=Cc3ccc(N4CCCCC4)cc3)N(C)C2=[Se])cc1. The van der Waals surface area contributed by atoms with Gasteiger partial charge >= 0.3 is 181 Å². The zero-order valence-corrected chi connectivity index (χ0v) is 18.8. The summed E-state index contributed by atoms with van der Waals surface area (Å²) >= 11 is 3.06. The number of hydrogen-bond acceptors (Lipinski definition) is 3. The van der Waals surface area contributed by atoms with Gasteiger partial charge < -0.3 is 0 Å². The molecular formula is C24H27N3OSe. The molecule has 2 aliphatic heterocycles. The van der Waals surface area contributed by atoms with E-state index in [1.807, 2.05) is 30.2 Å². The Morgan fingerprint density at radius 3 is 2.17 bits per heavy atom. The molecule has 0 N–H and O–H groups in total. The van der Waals surface area contributed by atoms with Crippen molar-refractivity contribution in [3.05, 3.63) is 65.4 Å². The van der Waals surface area contributed by atoms with Crippen LogP contribution in [0.5, 0.6) is 0 Å². The second-order valence-corrected chi connectivity index (χ2v) is 8.44. The zero-order chi connectivity index (χ0) is 20.4. The first-order chi connectivity index (χ1) is 14.1. The molecule has 0 aliphatic carbocycles. The Bertz CT molecular complexity index is 928. The Labute approximate surface area is 181 Å². The summed E-state index contributed by atoms with van der Waals surface area (Å²) in [6.07, 6.45) is 6.83. The standard InChI is InChI=1S/C24H27N3OSe/c1-3-18-7-13-21(14-8-18)27-23(28)22(25(2)24(27)29)17-19-9-11-20(12-10-19)26-15-5-4-6-16-26/h7-14,17H,3-6,15-16H2,1-2H3. The van der Waals surface area contributed by atoms with E-state index in [1.54, 1.807) is 4.90 Å². The maximum absolute atomic E-state index is 13.2. The number of amides is 1. The molecule has 0 atom stereocenters. The average molecular weight is 452 g/mol. The number of piperidine rings is 1. The van der Waals surface area contributed by atoms with Gasteiger partial charge in [-0.2, -0.15) is 0 Å². The number of anilines is 2. The quantitative estimate of drug-likeness (QED) is 0.522. The number of nitrogens with zero attached hydrogens (tertiary/aromatic N) is 3. The summed E-state index contributed by atoms with van der Waals surface area (Å²) in [5.74, 6) is -0.00870. The molecule has 2 aromatic carbocycles. The van der Waals surface area contributed by atoms with E-state index in [1.165, 1.54) is 30.5 Å². The topological polar surface area (TPSA) is 26.8 Å². The molecule has 2 aromatic rings. The molecule has 2 saturated heterocycles. The molecular weight excluding hydrogens is 425 g/mol. The maximum atomic E-state index is 13.2. The number of hydrogen-bond donors (Lipinski definition) is 0. The van der Waals surface area contributed by atoms with Gasteiger partial charge in [0.1, 0.15) is 0 Å². The zero-order valence-electron chi connectivity index (χ0n) is 17.1. The summed E-state index contributed by atoms with van der Waals surface area (Å²) in [5.41, 5.74) is 5.13. The van der Waals surface area contributed by atoms with Crippen LogP contribution in [0.2, 0.25) is 0 Å². The fourth-order valence-electron chi connectivity index (χ4n) is 3.96. The second kappa shape index (κ2) is 8.56. The van der Waals surface area contributed by atoms with E-state index in [4.69, 9.17) is 0 Å². The van der Waals surface area contributed by atoms with Crippen LogP contribution in [-0.2, 0) is 11.2 Å². The first-order valence-electron chi connectivity index (χ1n) is 10.4. The first-order valence-corrected chi connectivity index (χ1v) is 11.2. The van der Waals surface area contributed by atoms with E-state index < -0.39 is 0 Å². The van der Waals surface area contributed by atoms with Crippen LogP contribution in [0.4, 0.5) is 11.4 Å². The summed E-state index contributed by atoms with van der Waals surface area (Å²) in [5, 5.41) is 0.